The highest BCUT2D eigenvalue weighted by molar-refractivity contribution is 4.84. The Hall–Kier alpha value is -0.800. The van der Waals surface area contributed by atoms with Gasteiger partial charge in [-0.1, -0.05) is 89.7 Å². The predicted molar refractivity (Wildman–Crippen MR) is 132 cm³/mol. The van der Waals surface area contributed by atoms with Crippen molar-refractivity contribution < 1.29 is 9.59 Å². The van der Waals surface area contributed by atoms with Crippen LogP contribution in [0, 0.1) is 0 Å². The third kappa shape index (κ3) is 12.2. The van der Waals surface area contributed by atoms with Crippen molar-refractivity contribution in [1.82, 2.24) is 5.32 Å². The number of hydrogen-bond acceptors (Lipinski definition) is 2. The average Bonchev–Trinajstić information content (AvgIpc) is 3.16. The lowest BCUT2D eigenvalue weighted by Crippen LogP contribution is -2.54. The zero-order valence-corrected chi connectivity index (χ0v) is 20.4. The number of aliphatic hydroxyl groups excluding tert-OH is 1. The Morgan fingerprint density at radius 3 is 1.83 bits per heavy atom. The third-order valence-corrected chi connectivity index (χ3v) is 6.88. The Morgan fingerprint density at radius 1 is 0.767 bits per heavy atom. The first-order valence-electron chi connectivity index (χ1n) is 13.3. The van der Waals surface area contributed by atoms with Crippen molar-refractivity contribution in [2.24, 2.45) is 0 Å². The number of nitrogens with one attached hydrogen (secondary N) is 1. The summed E-state index contributed by atoms with van der Waals surface area (Å²) >= 11 is 0. The van der Waals surface area contributed by atoms with Crippen LogP contribution in [0.3, 0.4) is 0 Å². The van der Waals surface area contributed by atoms with E-state index in [1.807, 2.05) is 0 Å². The molecule has 0 aromatic heterocycles. The van der Waals surface area contributed by atoms with Gasteiger partial charge >= 0.3 is 0 Å². The summed E-state index contributed by atoms with van der Waals surface area (Å²) in [6.45, 7) is 6.67. The van der Waals surface area contributed by atoms with Gasteiger partial charge in [0.1, 0.15) is 12.7 Å². The lowest BCUT2D eigenvalue weighted by molar-refractivity contribution is -0.900. The molecule has 0 spiro atoms. The van der Waals surface area contributed by atoms with Crippen LogP contribution in [-0.4, -0.2) is 35.5 Å². The van der Waals surface area contributed by atoms with Crippen LogP contribution in [0.15, 0.2) is 24.6 Å². The molecule has 176 valence electrons. The summed E-state index contributed by atoms with van der Waals surface area (Å²) in [5.74, 6) is 0. The lowest BCUT2D eigenvalue weighted by atomic mass is 10.0. The van der Waals surface area contributed by atoms with Crippen molar-refractivity contribution in [3.05, 3.63) is 24.6 Å². The SMILES string of the molecule is CCCCCC/C=C/CCCCCCCCCCCCC1NC=C[N+]1(CC)CCO. The van der Waals surface area contributed by atoms with E-state index in [4.69, 9.17) is 0 Å². The smallest absolute Gasteiger partial charge is 0.166 e. The van der Waals surface area contributed by atoms with Crippen molar-refractivity contribution in [3.8, 4) is 0 Å². The van der Waals surface area contributed by atoms with Crippen LogP contribution in [0.2, 0.25) is 0 Å². The van der Waals surface area contributed by atoms with E-state index in [9.17, 15) is 5.11 Å². The summed E-state index contributed by atoms with van der Waals surface area (Å²) in [6.07, 6.45) is 32.9. The molecule has 0 bridgehead atoms. The van der Waals surface area contributed by atoms with Crippen molar-refractivity contribution in [1.29, 1.82) is 0 Å². The summed E-state index contributed by atoms with van der Waals surface area (Å²) in [7, 11) is 0. The predicted octanol–water partition coefficient (Wildman–Crippen LogP) is 7.42. The molecule has 1 heterocycles. The van der Waals surface area contributed by atoms with Crippen molar-refractivity contribution in [2.75, 3.05) is 19.7 Å². The van der Waals surface area contributed by atoms with E-state index >= 15 is 0 Å². The van der Waals surface area contributed by atoms with E-state index in [1.54, 1.807) is 0 Å². The van der Waals surface area contributed by atoms with E-state index in [-0.39, 0.29) is 6.61 Å². The number of allylic oxidation sites excluding steroid dienone is 2. The Morgan fingerprint density at radius 2 is 1.30 bits per heavy atom. The van der Waals surface area contributed by atoms with Gasteiger partial charge < -0.3 is 10.4 Å². The molecule has 2 unspecified atom stereocenters. The fourth-order valence-electron chi connectivity index (χ4n) is 4.73. The maximum absolute atomic E-state index is 9.39. The van der Waals surface area contributed by atoms with Gasteiger partial charge in [0.05, 0.1) is 19.4 Å². The molecule has 1 rings (SSSR count). The van der Waals surface area contributed by atoms with Gasteiger partial charge in [0.2, 0.25) is 0 Å². The fourth-order valence-corrected chi connectivity index (χ4v) is 4.73. The quantitative estimate of drug-likeness (QED) is 0.115. The Balaban J connectivity index is 1.84. The fraction of sp³-hybridized carbons (Fsp3) is 0.852. The first kappa shape index (κ1) is 27.2. The largest absolute Gasteiger partial charge is 0.390 e. The van der Waals surface area contributed by atoms with Crippen molar-refractivity contribution >= 4 is 0 Å². The first-order chi connectivity index (χ1) is 14.8. The Bertz CT molecular complexity index is 435. The summed E-state index contributed by atoms with van der Waals surface area (Å²) in [5, 5.41) is 12.9. The monoisotopic (exact) mass is 421 g/mol. The van der Waals surface area contributed by atoms with Crippen LogP contribution in [-0.2, 0) is 0 Å². The molecule has 3 heteroatoms. The van der Waals surface area contributed by atoms with Crippen molar-refractivity contribution in [3.63, 3.8) is 0 Å². The second-order valence-electron chi connectivity index (χ2n) is 9.30. The Kier molecular flexibility index (Phi) is 17.2. The zero-order valence-electron chi connectivity index (χ0n) is 20.4. The highest BCUT2D eigenvalue weighted by atomic mass is 16.3. The van der Waals surface area contributed by atoms with Crippen LogP contribution in [0.4, 0.5) is 0 Å². The summed E-state index contributed by atoms with van der Waals surface area (Å²) in [6, 6.07) is 0. The highest BCUT2D eigenvalue weighted by Crippen LogP contribution is 2.23. The number of hydrogen-bond donors (Lipinski definition) is 2. The van der Waals surface area contributed by atoms with Crippen LogP contribution < -0.4 is 5.32 Å². The van der Waals surface area contributed by atoms with E-state index < -0.39 is 0 Å². The number of nitrogens with zero attached hydrogens (tertiary/aromatic N) is 1. The molecule has 0 saturated heterocycles. The number of likely N-dealkylation sites (N-methyl/N-ethyl adjacent to an activating group) is 1. The molecule has 0 aromatic rings. The molecule has 1 aliphatic heterocycles. The molecule has 0 fully saturated rings. The second kappa shape index (κ2) is 18.9. The second-order valence-corrected chi connectivity index (χ2v) is 9.30. The zero-order chi connectivity index (χ0) is 21.8. The summed E-state index contributed by atoms with van der Waals surface area (Å²) in [4.78, 5) is 0. The molecule has 0 aliphatic carbocycles. The van der Waals surface area contributed by atoms with Crippen LogP contribution >= 0.6 is 0 Å². The van der Waals surface area contributed by atoms with Gasteiger partial charge in [-0.2, -0.15) is 0 Å². The van der Waals surface area contributed by atoms with Crippen LogP contribution in [0.1, 0.15) is 123 Å². The van der Waals surface area contributed by atoms with Gasteiger partial charge in [0, 0.05) is 6.42 Å². The van der Waals surface area contributed by atoms with Gasteiger partial charge in [0.15, 0.2) is 6.17 Å². The number of rotatable bonds is 21. The van der Waals surface area contributed by atoms with Gasteiger partial charge in [-0.3, -0.25) is 4.48 Å². The first-order valence-corrected chi connectivity index (χ1v) is 13.3. The molecule has 0 amide bonds. The minimum Gasteiger partial charge on any atom is -0.390 e. The molecule has 2 atom stereocenters. The highest BCUT2D eigenvalue weighted by Gasteiger charge is 2.35. The minimum absolute atomic E-state index is 0.270. The van der Waals surface area contributed by atoms with E-state index in [0.717, 1.165) is 17.6 Å². The topological polar surface area (TPSA) is 32.3 Å². The van der Waals surface area contributed by atoms with Crippen molar-refractivity contribution in [2.45, 2.75) is 129 Å². The van der Waals surface area contributed by atoms with E-state index in [1.165, 1.54) is 109 Å². The summed E-state index contributed by atoms with van der Waals surface area (Å²) < 4.78 is 0.908. The molecule has 1 aliphatic rings. The van der Waals surface area contributed by atoms with Gasteiger partial charge in [-0.05, 0) is 39.0 Å². The molecule has 0 saturated carbocycles. The normalized spacial score (nSPS) is 21.0. The number of aliphatic hydroxyl groups is 1. The molecule has 3 nitrogen and oxygen atoms in total. The maximum atomic E-state index is 9.39. The molecule has 0 aromatic carbocycles. The molecule has 30 heavy (non-hydrogen) atoms. The molecular formula is C27H53N2O+. The molecular weight excluding hydrogens is 368 g/mol. The van der Waals surface area contributed by atoms with E-state index in [2.05, 4.69) is 43.7 Å². The molecule has 2 N–H and O–H groups in total. The standard InChI is InChI=1S/C27H53N2O/c1-3-5-6-7-8-9-10-11-12-13-14-15-16-17-18-19-20-21-22-27-28-23-24-29(27,4-2)25-26-30/h9-10,23-24,27-28,30H,3-8,11-22,25-26H2,1-2H3/q+1/b10-9+. The number of quaternary nitrogens is 1. The number of unbranched alkanes of at least 4 members (excludes halogenated alkanes) is 14. The molecule has 0 radical (unpaired) electrons. The lowest BCUT2D eigenvalue weighted by Gasteiger charge is -2.36. The summed E-state index contributed by atoms with van der Waals surface area (Å²) in [5.41, 5.74) is 0. The third-order valence-electron chi connectivity index (χ3n) is 6.88. The van der Waals surface area contributed by atoms with Gasteiger partial charge in [-0.15, -0.1) is 0 Å². The van der Waals surface area contributed by atoms with Gasteiger partial charge in [0.25, 0.3) is 0 Å². The minimum atomic E-state index is 0.270. The Labute approximate surface area is 188 Å². The van der Waals surface area contributed by atoms with Gasteiger partial charge in [-0.25, -0.2) is 0 Å². The van der Waals surface area contributed by atoms with Crippen LogP contribution in [0.25, 0.3) is 0 Å². The maximum Gasteiger partial charge on any atom is 0.166 e. The van der Waals surface area contributed by atoms with E-state index in [0.29, 0.717) is 6.17 Å². The van der Waals surface area contributed by atoms with Crippen LogP contribution in [0.5, 0.6) is 0 Å². The average molecular weight is 422 g/mol.